The van der Waals surface area contributed by atoms with Crippen LogP contribution in [0.15, 0.2) is 42.6 Å². The van der Waals surface area contributed by atoms with Gasteiger partial charge in [0.15, 0.2) is 9.84 Å². The Balaban J connectivity index is 1.98. The summed E-state index contributed by atoms with van der Waals surface area (Å²) in [7, 11) is -1.25. The summed E-state index contributed by atoms with van der Waals surface area (Å²) in [6, 6.07) is 11.1. The van der Waals surface area contributed by atoms with Crippen LogP contribution in [0.3, 0.4) is 0 Å². The average molecular weight is 264 g/mol. The van der Waals surface area contributed by atoms with E-state index in [0.717, 1.165) is 11.3 Å². The number of rotatable bonds is 5. The summed E-state index contributed by atoms with van der Waals surface area (Å²) in [5.74, 6) is 0.257. The second kappa shape index (κ2) is 5.35. The Morgan fingerprint density at radius 2 is 1.89 bits per heavy atom. The molecule has 2 rings (SSSR count). The van der Waals surface area contributed by atoms with Crippen molar-refractivity contribution in [1.29, 1.82) is 0 Å². The molecule has 0 spiro atoms. The lowest BCUT2D eigenvalue weighted by atomic mass is 10.2. The second-order valence-electron chi connectivity index (χ2n) is 4.27. The Hall–Kier alpha value is -1.62. The third kappa shape index (κ3) is 3.43. The van der Waals surface area contributed by atoms with Crippen molar-refractivity contribution >= 4 is 9.84 Å². The van der Waals surface area contributed by atoms with Gasteiger partial charge in [-0.15, -0.1) is 0 Å². The number of aromatic nitrogens is 2. The highest BCUT2D eigenvalue weighted by atomic mass is 32.2. The van der Waals surface area contributed by atoms with Crippen molar-refractivity contribution in [2.45, 2.75) is 12.2 Å². The largest absolute Gasteiger partial charge is 0.273 e. The first-order valence-electron chi connectivity index (χ1n) is 5.78. The summed E-state index contributed by atoms with van der Waals surface area (Å²) in [5, 5.41) is 4.02. The van der Waals surface area contributed by atoms with Crippen LogP contribution in [-0.4, -0.2) is 24.0 Å². The fourth-order valence-corrected chi connectivity index (χ4v) is 3.17. The highest BCUT2D eigenvalue weighted by Gasteiger charge is 2.13. The van der Waals surface area contributed by atoms with Crippen molar-refractivity contribution in [3.8, 4) is 0 Å². The Morgan fingerprint density at radius 1 is 1.17 bits per heavy atom. The minimum Gasteiger partial charge on any atom is -0.273 e. The molecule has 0 aliphatic rings. The molecule has 0 saturated carbocycles. The summed E-state index contributed by atoms with van der Waals surface area (Å²) in [6.45, 7) is 0. The Bertz CT molecular complexity index is 603. The van der Waals surface area contributed by atoms with Crippen LogP contribution < -0.4 is 0 Å². The van der Waals surface area contributed by atoms with Gasteiger partial charge in [-0.2, -0.15) is 5.10 Å². The van der Waals surface area contributed by atoms with Crippen LogP contribution in [0.5, 0.6) is 0 Å². The minimum absolute atomic E-state index is 0.103. The molecule has 0 aliphatic carbocycles. The molecule has 5 heteroatoms. The Morgan fingerprint density at radius 3 is 2.50 bits per heavy atom. The Labute approximate surface area is 107 Å². The highest BCUT2D eigenvalue weighted by Crippen LogP contribution is 2.08. The van der Waals surface area contributed by atoms with Crippen molar-refractivity contribution in [2.24, 2.45) is 7.05 Å². The van der Waals surface area contributed by atoms with Crippen molar-refractivity contribution in [2.75, 3.05) is 5.75 Å². The molecule has 0 radical (unpaired) electrons. The van der Waals surface area contributed by atoms with Gasteiger partial charge in [-0.05, 0) is 11.6 Å². The van der Waals surface area contributed by atoms with Crippen molar-refractivity contribution in [1.82, 2.24) is 9.78 Å². The van der Waals surface area contributed by atoms with Crippen LogP contribution in [0.1, 0.15) is 11.3 Å². The quantitative estimate of drug-likeness (QED) is 0.824. The zero-order valence-corrected chi connectivity index (χ0v) is 11.1. The number of aryl methyl sites for hydroxylation is 2. The van der Waals surface area contributed by atoms with Crippen LogP contribution in [0.4, 0.5) is 0 Å². The number of hydrogen-bond donors (Lipinski definition) is 0. The lowest BCUT2D eigenvalue weighted by Gasteiger charge is -2.05. The number of hydrogen-bond acceptors (Lipinski definition) is 3. The van der Waals surface area contributed by atoms with E-state index in [1.165, 1.54) is 0 Å². The van der Waals surface area contributed by atoms with Gasteiger partial charge >= 0.3 is 0 Å². The summed E-state index contributed by atoms with van der Waals surface area (Å²) in [4.78, 5) is 0. The third-order valence-corrected chi connectivity index (χ3v) is 4.42. The van der Waals surface area contributed by atoms with E-state index in [2.05, 4.69) is 5.10 Å². The summed E-state index contributed by atoms with van der Waals surface area (Å²) in [6.07, 6.45) is 2.19. The second-order valence-corrected chi connectivity index (χ2v) is 6.46. The fraction of sp³-hybridized carbons (Fsp3) is 0.308. The van der Waals surface area contributed by atoms with Gasteiger partial charge in [-0.25, -0.2) is 8.42 Å². The first-order valence-corrected chi connectivity index (χ1v) is 7.60. The first-order chi connectivity index (χ1) is 8.57. The monoisotopic (exact) mass is 264 g/mol. The molecule has 0 atom stereocenters. The van der Waals surface area contributed by atoms with Gasteiger partial charge in [-0.3, -0.25) is 4.68 Å². The van der Waals surface area contributed by atoms with Crippen molar-refractivity contribution in [3.63, 3.8) is 0 Å². The predicted octanol–water partition coefficient (Wildman–Crippen LogP) is 1.58. The normalized spacial score (nSPS) is 11.6. The van der Waals surface area contributed by atoms with Crippen LogP contribution in [-0.2, 0) is 29.1 Å². The highest BCUT2D eigenvalue weighted by molar-refractivity contribution is 7.90. The van der Waals surface area contributed by atoms with E-state index in [9.17, 15) is 8.42 Å². The SMILES string of the molecule is Cn1nccc1CCS(=O)(=O)Cc1ccccc1. The maximum absolute atomic E-state index is 12.0. The summed E-state index contributed by atoms with van der Waals surface area (Å²) in [5.41, 5.74) is 1.77. The molecule has 1 aromatic carbocycles. The summed E-state index contributed by atoms with van der Waals surface area (Å²) >= 11 is 0. The number of sulfone groups is 1. The lowest BCUT2D eigenvalue weighted by Crippen LogP contribution is -2.13. The first kappa shape index (κ1) is 12.8. The van der Waals surface area contributed by atoms with Gasteiger partial charge in [-0.1, -0.05) is 30.3 Å². The number of benzene rings is 1. The van der Waals surface area contributed by atoms with E-state index in [1.807, 2.05) is 43.4 Å². The molecule has 96 valence electrons. The molecule has 0 bridgehead atoms. The topological polar surface area (TPSA) is 52.0 Å². The molecule has 4 nitrogen and oxygen atoms in total. The van der Waals surface area contributed by atoms with Crippen LogP contribution >= 0.6 is 0 Å². The van der Waals surface area contributed by atoms with E-state index in [1.54, 1.807) is 10.9 Å². The summed E-state index contributed by atoms with van der Waals surface area (Å²) < 4.78 is 25.7. The Kier molecular flexibility index (Phi) is 3.81. The van der Waals surface area contributed by atoms with Crippen molar-refractivity contribution < 1.29 is 8.42 Å². The molecule has 0 saturated heterocycles. The lowest BCUT2D eigenvalue weighted by molar-refractivity contribution is 0.593. The van der Waals surface area contributed by atoms with Gasteiger partial charge in [0.2, 0.25) is 0 Å². The molecule has 1 aromatic heterocycles. The van der Waals surface area contributed by atoms with E-state index >= 15 is 0 Å². The fourth-order valence-electron chi connectivity index (χ4n) is 1.81. The van der Waals surface area contributed by atoms with Crippen LogP contribution in [0, 0.1) is 0 Å². The van der Waals surface area contributed by atoms with Gasteiger partial charge in [0.05, 0.1) is 11.5 Å². The zero-order chi connectivity index (χ0) is 13.0. The van der Waals surface area contributed by atoms with Crippen LogP contribution in [0.2, 0.25) is 0 Å². The maximum Gasteiger partial charge on any atom is 0.154 e. The smallest absolute Gasteiger partial charge is 0.154 e. The molecule has 0 N–H and O–H groups in total. The molecule has 2 aromatic rings. The van der Waals surface area contributed by atoms with Gasteiger partial charge < -0.3 is 0 Å². The zero-order valence-electron chi connectivity index (χ0n) is 10.3. The van der Waals surface area contributed by atoms with Crippen molar-refractivity contribution in [3.05, 3.63) is 53.9 Å². The third-order valence-electron chi connectivity index (χ3n) is 2.82. The average Bonchev–Trinajstić information content (AvgIpc) is 2.73. The molecule has 18 heavy (non-hydrogen) atoms. The molecule has 0 aliphatic heterocycles. The molecular weight excluding hydrogens is 248 g/mol. The predicted molar refractivity (Wildman–Crippen MR) is 70.8 cm³/mol. The number of nitrogens with zero attached hydrogens (tertiary/aromatic N) is 2. The van der Waals surface area contributed by atoms with Gasteiger partial charge in [0.1, 0.15) is 0 Å². The molecule has 0 unspecified atom stereocenters. The molecular formula is C13H16N2O2S. The van der Waals surface area contributed by atoms with Crippen LogP contribution in [0.25, 0.3) is 0 Å². The van der Waals surface area contributed by atoms with Gasteiger partial charge in [0.25, 0.3) is 0 Å². The minimum atomic E-state index is -3.07. The van der Waals surface area contributed by atoms with E-state index in [-0.39, 0.29) is 11.5 Å². The van der Waals surface area contributed by atoms with E-state index in [4.69, 9.17) is 0 Å². The maximum atomic E-state index is 12.0. The standard InChI is InChI=1S/C13H16N2O2S/c1-15-13(7-9-14-15)8-10-18(16,17)11-12-5-3-2-4-6-12/h2-7,9H,8,10-11H2,1H3. The van der Waals surface area contributed by atoms with E-state index in [0.29, 0.717) is 6.42 Å². The molecule has 0 amide bonds. The van der Waals surface area contributed by atoms with E-state index < -0.39 is 9.84 Å². The molecule has 0 fully saturated rings. The molecule has 1 heterocycles. The van der Waals surface area contributed by atoms with Gasteiger partial charge in [0, 0.05) is 25.4 Å².